The average molecular weight is 235 g/mol. The Kier molecular flexibility index (Phi) is 3.58. The number of amides is 1. The van der Waals surface area contributed by atoms with Gasteiger partial charge in [0.1, 0.15) is 5.75 Å². The van der Waals surface area contributed by atoms with Crippen LogP contribution < -0.4 is 11.1 Å². The summed E-state index contributed by atoms with van der Waals surface area (Å²) in [6.45, 7) is 0. The maximum atomic E-state index is 11.9. The largest absolute Gasteiger partial charge is 0.506 e. The second-order valence-corrected chi connectivity index (χ2v) is 4.52. The van der Waals surface area contributed by atoms with Crippen LogP contribution in [0.15, 0.2) is 18.5 Å². The fraction of sp³-hybridized carbons (Fsp3) is 0.500. The maximum absolute atomic E-state index is 11.9. The standard InChI is InChI=1S/C12H17N3O2/c13-9-1-3-10(4-2-9)15-12(17)8-5-11(16)7-14-6-8/h5-7,9-10,16H,1-4,13H2,(H,15,17). The number of carbonyl (C=O) groups is 1. The highest BCUT2D eigenvalue weighted by Crippen LogP contribution is 2.17. The van der Waals surface area contributed by atoms with Crippen molar-refractivity contribution in [1.29, 1.82) is 0 Å². The fourth-order valence-electron chi connectivity index (χ4n) is 2.08. The molecule has 1 amide bonds. The minimum absolute atomic E-state index is 0.00307. The van der Waals surface area contributed by atoms with Gasteiger partial charge in [-0.2, -0.15) is 0 Å². The molecule has 0 bridgehead atoms. The van der Waals surface area contributed by atoms with E-state index in [1.807, 2.05) is 0 Å². The molecule has 2 rings (SSSR count). The average Bonchev–Trinajstić information content (AvgIpc) is 2.32. The van der Waals surface area contributed by atoms with E-state index in [4.69, 9.17) is 5.73 Å². The molecular weight excluding hydrogens is 218 g/mol. The summed E-state index contributed by atoms with van der Waals surface area (Å²) in [4.78, 5) is 15.6. The molecule has 0 unspecified atom stereocenters. The fourth-order valence-corrected chi connectivity index (χ4v) is 2.08. The van der Waals surface area contributed by atoms with E-state index in [1.54, 1.807) is 0 Å². The molecule has 17 heavy (non-hydrogen) atoms. The molecule has 0 radical (unpaired) electrons. The molecule has 1 aliphatic rings. The van der Waals surface area contributed by atoms with Crippen molar-refractivity contribution >= 4 is 5.91 Å². The number of aromatic hydroxyl groups is 1. The van der Waals surface area contributed by atoms with Crippen LogP contribution in [0.25, 0.3) is 0 Å². The van der Waals surface area contributed by atoms with E-state index in [1.165, 1.54) is 18.5 Å². The lowest BCUT2D eigenvalue weighted by Gasteiger charge is -2.26. The Labute approximate surface area is 100 Å². The molecule has 4 N–H and O–H groups in total. The number of hydrogen-bond acceptors (Lipinski definition) is 4. The van der Waals surface area contributed by atoms with Crippen LogP contribution in [0.2, 0.25) is 0 Å². The van der Waals surface area contributed by atoms with Crippen molar-refractivity contribution in [3.63, 3.8) is 0 Å². The molecule has 1 heterocycles. The zero-order valence-electron chi connectivity index (χ0n) is 9.60. The van der Waals surface area contributed by atoms with Crippen molar-refractivity contribution in [1.82, 2.24) is 10.3 Å². The first kappa shape index (κ1) is 11.9. The van der Waals surface area contributed by atoms with Crippen LogP contribution in [-0.4, -0.2) is 28.1 Å². The third-order valence-electron chi connectivity index (χ3n) is 3.09. The molecule has 1 aromatic rings. The molecule has 0 spiro atoms. The Morgan fingerprint density at radius 2 is 2.06 bits per heavy atom. The molecule has 5 heteroatoms. The zero-order chi connectivity index (χ0) is 12.3. The van der Waals surface area contributed by atoms with E-state index in [9.17, 15) is 9.90 Å². The van der Waals surface area contributed by atoms with Crippen molar-refractivity contribution in [3.05, 3.63) is 24.0 Å². The van der Waals surface area contributed by atoms with Crippen LogP contribution in [0.5, 0.6) is 5.75 Å². The van der Waals surface area contributed by atoms with Crippen LogP contribution in [0.3, 0.4) is 0 Å². The minimum Gasteiger partial charge on any atom is -0.506 e. The van der Waals surface area contributed by atoms with Gasteiger partial charge < -0.3 is 16.2 Å². The Bertz CT molecular complexity index is 400. The summed E-state index contributed by atoms with van der Waals surface area (Å²) >= 11 is 0. The lowest BCUT2D eigenvalue weighted by Crippen LogP contribution is -2.40. The normalized spacial score (nSPS) is 24.3. The second-order valence-electron chi connectivity index (χ2n) is 4.52. The molecule has 1 saturated carbocycles. The van der Waals surface area contributed by atoms with Crippen molar-refractivity contribution in [2.45, 2.75) is 37.8 Å². The minimum atomic E-state index is -0.186. The molecule has 0 saturated heterocycles. The highest BCUT2D eigenvalue weighted by atomic mass is 16.3. The topological polar surface area (TPSA) is 88.2 Å². The van der Waals surface area contributed by atoms with E-state index in [0.29, 0.717) is 5.56 Å². The van der Waals surface area contributed by atoms with E-state index in [2.05, 4.69) is 10.3 Å². The first-order chi connectivity index (χ1) is 8.15. The number of nitrogens with zero attached hydrogens (tertiary/aromatic N) is 1. The van der Waals surface area contributed by atoms with Crippen molar-refractivity contribution < 1.29 is 9.90 Å². The van der Waals surface area contributed by atoms with E-state index >= 15 is 0 Å². The van der Waals surface area contributed by atoms with Crippen LogP contribution in [-0.2, 0) is 0 Å². The third-order valence-corrected chi connectivity index (χ3v) is 3.09. The van der Waals surface area contributed by atoms with Gasteiger partial charge in [-0.3, -0.25) is 9.78 Å². The second kappa shape index (κ2) is 5.14. The van der Waals surface area contributed by atoms with Gasteiger partial charge in [-0.25, -0.2) is 0 Å². The van der Waals surface area contributed by atoms with Crippen LogP contribution in [0.4, 0.5) is 0 Å². The summed E-state index contributed by atoms with van der Waals surface area (Å²) in [7, 11) is 0. The number of nitrogens with two attached hydrogens (primary N) is 1. The molecule has 1 fully saturated rings. The summed E-state index contributed by atoms with van der Waals surface area (Å²) in [5, 5.41) is 12.2. The number of aromatic nitrogens is 1. The highest BCUT2D eigenvalue weighted by molar-refractivity contribution is 5.94. The summed E-state index contributed by atoms with van der Waals surface area (Å²) in [6.07, 6.45) is 6.48. The zero-order valence-corrected chi connectivity index (χ0v) is 9.60. The van der Waals surface area contributed by atoms with Gasteiger partial charge in [-0.1, -0.05) is 0 Å². The first-order valence-corrected chi connectivity index (χ1v) is 5.85. The number of carbonyl (C=O) groups excluding carboxylic acids is 1. The van der Waals surface area contributed by atoms with Crippen LogP contribution in [0.1, 0.15) is 36.0 Å². The lowest BCUT2D eigenvalue weighted by molar-refractivity contribution is 0.0925. The van der Waals surface area contributed by atoms with E-state index in [-0.39, 0.29) is 23.7 Å². The smallest absolute Gasteiger partial charge is 0.253 e. The molecule has 5 nitrogen and oxygen atoms in total. The van der Waals surface area contributed by atoms with Gasteiger partial charge in [0.05, 0.1) is 11.8 Å². The SMILES string of the molecule is NC1CCC(NC(=O)c2cncc(O)c2)CC1. The Balaban J connectivity index is 1.93. The summed E-state index contributed by atoms with van der Waals surface area (Å²) in [5.41, 5.74) is 6.19. The van der Waals surface area contributed by atoms with Crippen LogP contribution >= 0.6 is 0 Å². The van der Waals surface area contributed by atoms with Crippen molar-refractivity contribution in [2.24, 2.45) is 5.73 Å². The van der Waals surface area contributed by atoms with E-state index in [0.717, 1.165) is 25.7 Å². The van der Waals surface area contributed by atoms with Gasteiger partial charge in [0.25, 0.3) is 5.91 Å². The number of hydrogen-bond donors (Lipinski definition) is 3. The number of pyridine rings is 1. The Morgan fingerprint density at radius 3 is 2.71 bits per heavy atom. The van der Waals surface area contributed by atoms with Gasteiger partial charge in [0.15, 0.2) is 0 Å². The summed E-state index contributed by atoms with van der Waals surface area (Å²) in [6, 6.07) is 1.87. The number of nitrogens with one attached hydrogen (secondary N) is 1. The van der Waals surface area contributed by atoms with Crippen molar-refractivity contribution in [2.75, 3.05) is 0 Å². The quantitative estimate of drug-likeness (QED) is 0.707. The summed E-state index contributed by atoms with van der Waals surface area (Å²) < 4.78 is 0. The molecular formula is C12H17N3O2. The highest BCUT2D eigenvalue weighted by Gasteiger charge is 2.20. The monoisotopic (exact) mass is 235 g/mol. The molecule has 92 valence electrons. The predicted molar refractivity (Wildman–Crippen MR) is 63.6 cm³/mol. The van der Waals surface area contributed by atoms with Crippen molar-refractivity contribution in [3.8, 4) is 5.75 Å². The number of rotatable bonds is 2. The molecule has 0 atom stereocenters. The van der Waals surface area contributed by atoms with Gasteiger partial charge in [-0.15, -0.1) is 0 Å². The molecule has 1 aliphatic carbocycles. The third kappa shape index (κ3) is 3.17. The summed E-state index contributed by atoms with van der Waals surface area (Å²) in [5.74, 6) is -0.183. The Morgan fingerprint density at radius 1 is 1.35 bits per heavy atom. The molecule has 1 aromatic heterocycles. The van der Waals surface area contributed by atoms with E-state index < -0.39 is 0 Å². The lowest BCUT2D eigenvalue weighted by atomic mass is 9.92. The van der Waals surface area contributed by atoms with Gasteiger partial charge in [-0.05, 0) is 31.7 Å². The van der Waals surface area contributed by atoms with Crippen LogP contribution in [0, 0.1) is 0 Å². The Hall–Kier alpha value is -1.62. The van der Waals surface area contributed by atoms with Gasteiger partial charge in [0, 0.05) is 18.3 Å². The molecule has 0 aromatic carbocycles. The van der Waals surface area contributed by atoms with Gasteiger partial charge in [0.2, 0.25) is 0 Å². The maximum Gasteiger partial charge on any atom is 0.253 e. The molecule has 0 aliphatic heterocycles. The predicted octanol–water partition coefficient (Wildman–Crippen LogP) is 0.787. The first-order valence-electron chi connectivity index (χ1n) is 5.85. The van der Waals surface area contributed by atoms with Gasteiger partial charge >= 0.3 is 0 Å².